The predicted molar refractivity (Wildman–Crippen MR) is 106 cm³/mol. The van der Waals surface area contributed by atoms with Gasteiger partial charge in [-0.1, -0.05) is 46.3 Å². The van der Waals surface area contributed by atoms with Gasteiger partial charge >= 0.3 is 0 Å². The number of nitrogens with zero attached hydrogens (tertiary/aromatic N) is 1. The second kappa shape index (κ2) is 7.15. The lowest BCUT2D eigenvalue weighted by molar-refractivity contribution is 0.407. The molecule has 0 saturated carbocycles. The fraction of sp³-hybridized carbons (Fsp3) is 0.316. The third kappa shape index (κ3) is 3.42. The van der Waals surface area contributed by atoms with Crippen molar-refractivity contribution >= 4 is 33.1 Å². The summed E-state index contributed by atoms with van der Waals surface area (Å²) < 4.78 is 1.11. The van der Waals surface area contributed by atoms with Crippen molar-refractivity contribution in [2.45, 2.75) is 24.9 Å². The van der Waals surface area contributed by atoms with Crippen LogP contribution in [-0.2, 0) is 6.54 Å². The van der Waals surface area contributed by atoms with Crippen molar-refractivity contribution < 1.29 is 0 Å². The van der Waals surface area contributed by atoms with E-state index in [1.54, 1.807) is 0 Å². The van der Waals surface area contributed by atoms with Crippen molar-refractivity contribution in [3.63, 3.8) is 0 Å². The van der Waals surface area contributed by atoms with Crippen LogP contribution in [0.5, 0.6) is 0 Å². The first kappa shape index (κ1) is 16.6. The molecule has 0 unspecified atom stereocenters. The number of fused-ring (bicyclic) bond motifs is 1. The third-order valence-electron chi connectivity index (χ3n) is 4.86. The summed E-state index contributed by atoms with van der Waals surface area (Å²) in [6, 6.07) is 16.5. The number of para-hydroxylation sites is 2. The topological polar surface area (TPSA) is 60.5 Å². The van der Waals surface area contributed by atoms with Gasteiger partial charge in [0.25, 0.3) is 0 Å². The van der Waals surface area contributed by atoms with Crippen LogP contribution in [0, 0.1) is 0 Å². The summed E-state index contributed by atoms with van der Waals surface area (Å²) in [7, 11) is 0. The molecule has 2 aliphatic heterocycles. The first-order chi connectivity index (χ1) is 12.3. The van der Waals surface area contributed by atoms with E-state index in [1.165, 1.54) is 5.56 Å². The van der Waals surface area contributed by atoms with Gasteiger partial charge in [-0.3, -0.25) is 0 Å². The van der Waals surface area contributed by atoms with Crippen LogP contribution < -0.4 is 21.5 Å². The van der Waals surface area contributed by atoms with E-state index >= 15 is 0 Å². The molecule has 1 fully saturated rings. The number of halogens is 1. The van der Waals surface area contributed by atoms with E-state index in [1.807, 2.05) is 24.3 Å². The van der Waals surface area contributed by atoms with E-state index in [4.69, 9.17) is 4.99 Å². The highest BCUT2D eigenvalue weighted by atomic mass is 79.9. The SMILES string of the molecule is Brc1ccccc1CNNC1=Nc2ccccc2NC12CCNCC2. The van der Waals surface area contributed by atoms with Gasteiger partial charge in [0.2, 0.25) is 0 Å². The molecule has 1 saturated heterocycles. The minimum atomic E-state index is -0.138. The summed E-state index contributed by atoms with van der Waals surface area (Å²) in [5.74, 6) is 0.972. The molecule has 0 bridgehead atoms. The smallest absolute Gasteiger partial charge is 0.142 e. The van der Waals surface area contributed by atoms with Gasteiger partial charge in [0.15, 0.2) is 0 Å². The molecule has 6 heteroatoms. The van der Waals surface area contributed by atoms with Crippen molar-refractivity contribution in [1.82, 2.24) is 16.2 Å². The molecule has 2 aliphatic rings. The minimum absolute atomic E-state index is 0.138. The zero-order chi connectivity index (χ0) is 17.1. The lowest BCUT2D eigenvalue weighted by Gasteiger charge is -2.42. The molecular formula is C19H22BrN5. The van der Waals surface area contributed by atoms with E-state index in [2.05, 4.69) is 61.7 Å². The first-order valence-corrected chi connectivity index (χ1v) is 9.46. The number of nitrogens with one attached hydrogen (secondary N) is 4. The molecule has 2 heterocycles. The highest BCUT2D eigenvalue weighted by Crippen LogP contribution is 2.36. The number of hydrogen-bond donors (Lipinski definition) is 4. The molecule has 130 valence electrons. The standard InChI is InChI=1S/C19H22BrN5/c20-15-6-2-1-5-14(15)13-22-25-18-19(9-11-21-12-10-19)24-17-8-4-3-7-16(17)23-18/h1-8,21-22,24H,9-13H2,(H,23,25). The lowest BCUT2D eigenvalue weighted by atomic mass is 9.85. The Labute approximate surface area is 156 Å². The second-order valence-electron chi connectivity index (χ2n) is 6.50. The first-order valence-electron chi connectivity index (χ1n) is 8.66. The molecule has 2 aromatic rings. The quantitative estimate of drug-likeness (QED) is 0.597. The monoisotopic (exact) mass is 399 g/mol. The molecule has 0 amide bonds. The molecule has 4 N–H and O–H groups in total. The van der Waals surface area contributed by atoms with Crippen LogP contribution in [0.4, 0.5) is 11.4 Å². The summed E-state index contributed by atoms with van der Waals surface area (Å²) >= 11 is 3.60. The van der Waals surface area contributed by atoms with Gasteiger partial charge in [0.1, 0.15) is 5.84 Å². The Hall–Kier alpha value is -1.89. The Morgan fingerprint density at radius 2 is 1.80 bits per heavy atom. The highest BCUT2D eigenvalue weighted by Gasteiger charge is 2.40. The van der Waals surface area contributed by atoms with Crippen LogP contribution in [0.3, 0.4) is 0 Å². The maximum atomic E-state index is 4.92. The number of hydrazine groups is 1. The van der Waals surface area contributed by atoms with E-state index < -0.39 is 0 Å². The third-order valence-corrected chi connectivity index (χ3v) is 5.64. The van der Waals surface area contributed by atoms with Crippen LogP contribution in [0.15, 0.2) is 58.0 Å². The van der Waals surface area contributed by atoms with Gasteiger partial charge in [-0.15, -0.1) is 0 Å². The van der Waals surface area contributed by atoms with Crippen LogP contribution >= 0.6 is 15.9 Å². The molecule has 4 rings (SSSR count). The molecule has 1 spiro atoms. The summed E-state index contributed by atoms with van der Waals surface area (Å²) in [5.41, 5.74) is 9.90. The van der Waals surface area contributed by atoms with Gasteiger partial charge < -0.3 is 16.1 Å². The molecule has 5 nitrogen and oxygen atoms in total. The normalized spacial score (nSPS) is 18.2. The Balaban J connectivity index is 1.54. The molecule has 25 heavy (non-hydrogen) atoms. The van der Waals surface area contributed by atoms with Crippen LogP contribution in [0.25, 0.3) is 0 Å². The van der Waals surface area contributed by atoms with Gasteiger partial charge in [0, 0.05) is 11.0 Å². The second-order valence-corrected chi connectivity index (χ2v) is 7.36. The van der Waals surface area contributed by atoms with Gasteiger partial charge in [0.05, 0.1) is 16.9 Å². The van der Waals surface area contributed by atoms with Crippen LogP contribution in [0.2, 0.25) is 0 Å². The average molecular weight is 400 g/mol. The predicted octanol–water partition coefficient (Wildman–Crippen LogP) is 3.32. The maximum absolute atomic E-state index is 4.92. The fourth-order valence-electron chi connectivity index (χ4n) is 3.45. The van der Waals surface area contributed by atoms with E-state index in [-0.39, 0.29) is 5.54 Å². The maximum Gasteiger partial charge on any atom is 0.142 e. The van der Waals surface area contributed by atoms with Gasteiger partial charge in [-0.25, -0.2) is 10.4 Å². The zero-order valence-corrected chi connectivity index (χ0v) is 15.6. The molecule has 0 aliphatic carbocycles. The Kier molecular flexibility index (Phi) is 4.74. The number of benzene rings is 2. The molecule has 0 radical (unpaired) electrons. The largest absolute Gasteiger partial charge is 0.371 e. The number of rotatable bonds is 3. The summed E-state index contributed by atoms with van der Waals surface area (Å²) in [6.07, 6.45) is 2.01. The number of amidine groups is 1. The zero-order valence-electron chi connectivity index (χ0n) is 14.0. The molecule has 0 aromatic heterocycles. The Bertz CT molecular complexity index is 783. The number of hydrogen-bond acceptors (Lipinski definition) is 5. The lowest BCUT2D eigenvalue weighted by Crippen LogP contribution is -2.60. The number of anilines is 1. The molecule has 2 aromatic carbocycles. The van der Waals surface area contributed by atoms with Crippen molar-refractivity contribution in [2.24, 2.45) is 4.99 Å². The summed E-state index contributed by atoms with van der Waals surface area (Å²) in [5, 5.41) is 7.18. The van der Waals surface area contributed by atoms with Gasteiger partial charge in [-0.2, -0.15) is 0 Å². The van der Waals surface area contributed by atoms with Crippen LogP contribution in [0.1, 0.15) is 18.4 Å². The molecular weight excluding hydrogens is 378 g/mol. The summed E-state index contributed by atoms with van der Waals surface area (Å²) in [6.45, 7) is 2.69. The van der Waals surface area contributed by atoms with Crippen molar-refractivity contribution in [3.05, 3.63) is 58.6 Å². The average Bonchev–Trinajstić information content (AvgIpc) is 2.64. The van der Waals surface area contributed by atoms with E-state index in [9.17, 15) is 0 Å². The fourth-order valence-corrected chi connectivity index (χ4v) is 3.87. The van der Waals surface area contributed by atoms with Gasteiger partial charge in [-0.05, 0) is 49.7 Å². The van der Waals surface area contributed by atoms with Crippen molar-refractivity contribution in [1.29, 1.82) is 0 Å². The Morgan fingerprint density at radius 3 is 2.64 bits per heavy atom. The Morgan fingerprint density at radius 1 is 1.04 bits per heavy atom. The molecule has 0 atom stereocenters. The van der Waals surface area contributed by atoms with Crippen molar-refractivity contribution in [3.8, 4) is 0 Å². The number of piperidine rings is 1. The minimum Gasteiger partial charge on any atom is -0.371 e. The van der Waals surface area contributed by atoms with E-state index in [0.29, 0.717) is 0 Å². The van der Waals surface area contributed by atoms with Crippen LogP contribution in [-0.4, -0.2) is 24.5 Å². The number of aliphatic imine (C=N–C) groups is 1. The highest BCUT2D eigenvalue weighted by molar-refractivity contribution is 9.10. The summed E-state index contributed by atoms with van der Waals surface area (Å²) in [4.78, 5) is 4.92. The van der Waals surface area contributed by atoms with E-state index in [0.717, 1.165) is 54.2 Å². The van der Waals surface area contributed by atoms with Crippen molar-refractivity contribution in [2.75, 3.05) is 18.4 Å².